The van der Waals surface area contributed by atoms with Crippen molar-refractivity contribution < 1.29 is 19.1 Å². The van der Waals surface area contributed by atoms with Gasteiger partial charge in [0, 0.05) is 18.6 Å². The van der Waals surface area contributed by atoms with Crippen molar-refractivity contribution in [3.8, 4) is 0 Å². The van der Waals surface area contributed by atoms with Crippen molar-refractivity contribution in [1.82, 2.24) is 10.2 Å². The molecule has 1 aromatic rings. The van der Waals surface area contributed by atoms with E-state index in [1.54, 1.807) is 11.0 Å². The van der Waals surface area contributed by atoms with Crippen LogP contribution in [0.25, 0.3) is 0 Å². The predicted octanol–water partition coefficient (Wildman–Crippen LogP) is 3.14. The van der Waals surface area contributed by atoms with E-state index in [9.17, 15) is 14.0 Å². The molecule has 0 saturated heterocycles. The Morgan fingerprint density at radius 2 is 1.88 bits per heavy atom. The zero-order valence-corrected chi connectivity index (χ0v) is 13.6. The van der Waals surface area contributed by atoms with Crippen LogP contribution in [0.1, 0.15) is 44.1 Å². The van der Waals surface area contributed by atoms with Crippen LogP contribution < -0.4 is 5.32 Å². The van der Waals surface area contributed by atoms with Gasteiger partial charge in [0.25, 0.3) is 0 Å². The summed E-state index contributed by atoms with van der Waals surface area (Å²) in [5, 5.41) is 12.1. The third-order valence-electron chi connectivity index (χ3n) is 4.89. The van der Waals surface area contributed by atoms with E-state index in [0.717, 1.165) is 18.4 Å². The molecule has 6 heteroatoms. The average Bonchev–Trinajstić information content (AvgIpc) is 3.38. The van der Waals surface area contributed by atoms with Gasteiger partial charge in [-0.3, -0.25) is 4.79 Å². The zero-order valence-electron chi connectivity index (χ0n) is 13.6. The van der Waals surface area contributed by atoms with Crippen LogP contribution in [-0.4, -0.2) is 34.1 Å². The molecule has 0 radical (unpaired) electrons. The van der Waals surface area contributed by atoms with Gasteiger partial charge in [0.05, 0.1) is 5.92 Å². The number of benzene rings is 1. The second-order valence-electron chi connectivity index (χ2n) is 6.83. The minimum Gasteiger partial charge on any atom is -0.481 e. The van der Waals surface area contributed by atoms with Gasteiger partial charge in [0.1, 0.15) is 5.82 Å². The van der Waals surface area contributed by atoms with E-state index in [-0.39, 0.29) is 29.8 Å². The molecule has 0 unspecified atom stereocenters. The first kappa shape index (κ1) is 16.7. The number of carboxylic acids is 1. The Morgan fingerprint density at radius 3 is 2.46 bits per heavy atom. The maximum Gasteiger partial charge on any atom is 0.318 e. The number of halogens is 1. The molecule has 1 aromatic carbocycles. The number of carbonyl (C=O) groups is 2. The number of carboxylic acid groups (broad SMARTS) is 1. The van der Waals surface area contributed by atoms with Crippen molar-refractivity contribution in [1.29, 1.82) is 0 Å². The van der Waals surface area contributed by atoms with Gasteiger partial charge in [0.15, 0.2) is 0 Å². The Labute approximate surface area is 140 Å². The molecule has 0 aromatic heterocycles. The quantitative estimate of drug-likeness (QED) is 0.869. The summed E-state index contributed by atoms with van der Waals surface area (Å²) < 4.78 is 13.3. The maximum atomic E-state index is 13.3. The smallest absolute Gasteiger partial charge is 0.318 e. The van der Waals surface area contributed by atoms with Crippen molar-refractivity contribution in [2.24, 2.45) is 5.92 Å². The van der Waals surface area contributed by atoms with Gasteiger partial charge >= 0.3 is 12.0 Å². The van der Waals surface area contributed by atoms with Crippen molar-refractivity contribution in [3.63, 3.8) is 0 Å². The summed E-state index contributed by atoms with van der Waals surface area (Å²) >= 11 is 0. The Balaban J connectivity index is 1.56. The van der Waals surface area contributed by atoms with E-state index in [1.807, 2.05) is 6.07 Å². The molecule has 2 fully saturated rings. The van der Waals surface area contributed by atoms with Crippen LogP contribution in [0.15, 0.2) is 24.3 Å². The van der Waals surface area contributed by atoms with E-state index in [1.165, 1.54) is 12.1 Å². The SMILES string of the molecule is O=C(O)C1CCC(NC(=O)N(Cc2cccc(F)c2)C2CC2)CC1. The fourth-order valence-electron chi connectivity index (χ4n) is 3.33. The summed E-state index contributed by atoms with van der Waals surface area (Å²) in [6.45, 7) is 0.402. The fraction of sp³-hybridized carbons (Fsp3) is 0.556. The van der Waals surface area contributed by atoms with E-state index < -0.39 is 5.97 Å². The number of nitrogens with zero attached hydrogens (tertiary/aromatic N) is 1. The zero-order chi connectivity index (χ0) is 17.1. The van der Waals surface area contributed by atoms with Crippen LogP contribution in [0, 0.1) is 11.7 Å². The van der Waals surface area contributed by atoms with Crippen LogP contribution in [-0.2, 0) is 11.3 Å². The first-order valence-corrected chi connectivity index (χ1v) is 8.57. The molecule has 0 atom stereocenters. The molecule has 0 spiro atoms. The number of rotatable bonds is 5. The third kappa shape index (κ3) is 4.24. The number of hydrogen-bond donors (Lipinski definition) is 2. The summed E-state index contributed by atoms with van der Waals surface area (Å²) in [7, 11) is 0. The molecule has 0 aliphatic heterocycles. The summed E-state index contributed by atoms with van der Waals surface area (Å²) in [4.78, 5) is 25.4. The topological polar surface area (TPSA) is 69.6 Å². The lowest BCUT2D eigenvalue weighted by Gasteiger charge is -2.30. The van der Waals surface area contributed by atoms with Crippen LogP contribution in [0.5, 0.6) is 0 Å². The van der Waals surface area contributed by atoms with E-state index in [2.05, 4.69) is 5.32 Å². The Kier molecular flexibility index (Phi) is 5.02. The molecular formula is C18H23FN2O3. The van der Waals surface area contributed by atoms with Gasteiger partial charge in [-0.2, -0.15) is 0 Å². The lowest BCUT2D eigenvalue weighted by Crippen LogP contribution is -2.47. The van der Waals surface area contributed by atoms with Crippen molar-refractivity contribution >= 4 is 12.0 Å². The summed E-state index contributed by atoms with van der Waals surface area (Å²) in [6, 6.07) is 6.46. The highest BCUT2D eigenvalue weighted by Gasteiger charge is 2.34. The molecule has 2 saturated carbocycles. The predicted molar refractivity (Wildman–Crippen MR) is 86.9 cm³/mol. The third-order valence-corrected chi connectivity index (χ3v) is 4.89. The van der Waals surface area contributed by atoms with E-state index in [0.29, 0.717) is 32.2 Å². The summed E-state index contributed by atoms with van der Waals surface area (Å²) in [6.07, 6.45) is 4.56. The molecule has 2 aliphatic rings. The van der Waals surface area contributed by atoms with Crippen molar-refractivity contribution in [2.45, 2.75) is 57.2 Å². The highest BCUT2D eigenvalue weighted by atomic mass is 19.1. The fourth-order valence-corrected chi connectivity index (χ4v) is 3.33. The largest absolute Gasteiger partial charge is 0.481 e. The van der Waals surface area contributed by atoms with Crippen LogP contribution >= 0.6 is 0 Å². The molecule has 3 rings (SSSR count). The molecule has 0 heterocycles. The minimum atomic E-state index is -0.745. The second kappa shape index (κ2) is 7.20. The summed E-state index contributed by atoms with van der Waals surface area (Å²) in [5.41, 5.74) is 0.784. The lowest BCUT2D eigenvalue weighted by molar-refractivity contribution is -0.142. The molecule has 2 aliphatic carbocycles. The number of hydrogen-bond acceptors (Lipinski definition) is 2. The molecule has 5 nitrogen and oxygen atoms in total. The number of amides is 2. The highest BCUT2D eigenvalue weighted by Crippen LogP contribution is 2.29. The number of urea groups is 1. The maximum absolute atomic E-state index is 13.3. The van der Waals surface area contributed by atoms with Gasteiger partial charge < -0.3 is 15.3 Å². The molecule has 130 valence electrons. The van der Waals surface area contributed by atoms with Crippen LogP contribution in [0.3, 0.4) is 0 Å². The normalized spacial score (nSPS) is 23.5. The summed E-state index contributed by atoms with van der Waals surface area (Å²) in [5.74, 6) is -1.33. The van der Waals surface area contributed by atoms with Crippen LogP contribution in [0.4, 0.5) is 9.18 Å². The van der Waals surface area contributed by atoms with Gasteiger partial charge in [0.2, 0.25) is 0 Å². The second-order valence-corrected chi connectivity index (χ2v) is 6.83. The van der Waals surface area contributed by atoms with Crippen LogP contribution in [0.2, 0.25) is 0 Å². The number of carbonyl (C=O) groups excluding carboxylic acids is 1. The molecule has 0 bridgehead atoms. The van der Waals surface area contributed by atoms with Crippen molar-refractivity contribution in [2.75, 3.05) is 0 Å². The number of nitrogens with one attached hydrogen (secondary N) is 1. The average molecular weight is 334 g/mol. The van der Waals surface area contributed by atoms with E-state index >= 15 is 0 Å². The van der Waals surface area contributed by atoms with Gasteiger partial charge in [-0.05, 0) is 56.2 Å². The monoisotopic (exact) mass is 334 g/mol. The minimum absolute atomic E-state index is 0.0295. The highest BCUT2D eigenvalue weighted by molar-refractivity contribution is 5.75. The molecule has 24 heavy (non-hydrogen) atoms. The first-order chi connectivity index (χ1) is 11.5. The Morgan fingerprint density at radius 1 is 1.17 bits per heavy atom. The number of aliphatic carboxylic acids is 1. The first-order valence-electron chi connectivity index (χ1n) is 8.57. The van der Waals surface area contributed by atoms with Crippen molar-refractivity contribution in [3.05, 3.63) is 35.6 Å². The van der Waals surface area contributed by atoms with Gasteiger partial charge in [-0.25, -0.2) is 9.18 Å². The van der Waals surface area contributed by atoms with Gasteiger partial charge in [-0.1, -0.05) is 12.1 Å². The van der Waals surface area contributed by atoms with Gasteiger partial charge in [-0.15, -0.1) is 0 Å². The van der Waals surface area contributed by atoms with E-state index in [4.69, 9.17) is 5.11 Å². The molecule has 2 amide bonds. The molecular weight excluding hydrogens is 311 g/mol. The Bertz CT molecular complexity index is 610. The Hall–Kier alpha value is -2.11. The standard InChI is InChI=1S/C18H23FN2O3/c19-14-3-1-2-12(10-14)11-21(16-8-9-16)18(24)20-15-6-4-13(5-7-15)17(22)23/h1-3,10,13,15-16H,4-9,11H2,(H,20,24)(H,22,23). The lowest BCUT2D eigenvalue weighted by atomic mass is 9.86. The molecule has 2 N–H and O–H groups in total.